The number of ether oxygens (including phenoxy) is 1. The van der Waals surface area contributed by atoms with Crippen molar-refractivity contribution in [2.45, 2.75) is 52.1 Å². The SMILES string of the molecule is CCCCNC(=O)C(C)N(Cc1ccc(Cl)cc1Cl)C(=O)CCCN(c1cccc(OC)c1)S(C)(=O)=O. The van der Waals surface area contributed by atoms with Gasteiger partial charge >= 0.3 is 0 Å². The highest BCUT2D eigenvalue weighted by Gasteiger charge is 2.27. The molecule has 0 heterocycles. The highest BCUT2D eigenvalue weighted by Crippen LogP contribution is 2.25. The lowest BCUT2D eigenvalue weighted by Crippen LogP contribution is -2.48. The normalized spacial score (nSPS) is 12.1. The first-order chi connectivity index (χ1) is 17.5. The topological polar surface area (TPSA) is 96.0 Å². The van der Waals surface area contributed by atoms with Crippen LogP contribution in [-0.2, 0) is 26.2 Å². The molecule has 0 saturated heterocycles. The summed E-state index contributed by atoms with van der Waals surface area (Å²) < 4.78 is 31.4. The first-order valence-electron chi connectivity index (χ1n) is 12.1. The fourth-order valence-electron chi connectivity index (χ4n) is 3.72. The van der Waals surface area contributed by atoms with Crippen LogP contribution in [0, 0.1) is 0 Å². The number of halogens is 2. The third-order valence-electron chi connectivity index (χ3n) is 5.85. The van der Waals surface area contributed by atoms with E-state index >= 15 is 0 Å². The zero-order valence-corrected chi connectivity index (χ0v) is 24.0. The van der Waals surface area contributed by atoms with Gasteiger partial charge in [-0.15, -0.1) is 0 Å². The van der Waals surface area contributed by atoms with Crippen LogP contribution in [-0.4, -0.2) is 57.6 Å². The van der Waals surface area contributed by atoms with Crippen molar-refractivity contribution in [2.75, 3.05) is 30.8 Å². The molecule has 2 aromatic rings. The van der Waals surface area contributed by atoms with Crippen LogP contribution in [0.5, 0.6) is 5.75 Å². The Morgan fingerprint density at radius 1 is 1.11 bits per heavy atom. The van der Waals surface area contributed by atoms with E-state index in [2.05, 4.69) is 5.32 Å². The minimum absolute atomic E-state index is 0.0355. The van der Waals surface area contributed by atoms with Crippen LogP contribution >= 0.6 is 23.2 Å². The van der Waals surface area contributed by atoms with E-state index in [-0.39, 0.29) is 37.7 Å². The van der Waals surface area contributed by atoms with Crippen molar-refractivity contribution in [2.24, 2.45) is 0 Å². The lowest BCUT2D eigenvalue weighted by molar-refractivity contribution is -0.140. The van der Waals surface area contributed by atoms with Gasteiger partial charge in [-0.2, -0.15) is 0 Å². The van der Waals surface area contributed by atoms with Crippen molar-refractivity contribution in [3.8, 4) is 5.75 Å². The Labute approximate surface area is 229 Å². The van der Waals surface area contributed by atoms with E-state index in [0.29, 0.717) is 33.6 Å². The second-order valence-corrected chi connectivity index (χ2v) is 11.5. The van der Waals surface area contributed by atoms with Crippen LogP contribution in [0.4, 0.5) is 5.69 Å². The van der Waals surface area contributed by atoms with Crippen molar-refractivity contribution >= 4 is 50.7 Å². The molecule has 37 heavy (non-hydrogen) atoms. The minimum atomic E-state index is -3.60. The minimum Gasteiger partial charge on any atom is -0.497 e. The van der Waals surface area contributed by atoms with Crippen LogP contribution in [0.2, 0.25) is 10.0 Å². The molecular formula is C26H35Cl2N3O5S. The van der Waals surface area contributed by atoms with E-state index in [1.54, 1.807) is 49.4 Å². The number of nitrogens with one attached hydrogen (secondary N) is 1. The molecule has 8 nitrogen and oxygen atoms in total. The van der Waals surface area contributed by atoms with Gasteiger partial charge < -0.3 is 15.0 Å². The van der Waals surface area contributed by atoms with Crippen LogP contribution in [0.3, 0.4) is 0 Å². The van der Waals surface area contributed by atoms with Gasteiger partial charge in [0, 0.05) is 42.2 Å². The monoisotopic (exact) mass is 571 g/mol. The Bertz CT molecular complexity index is 1180. The third-order valence-corrected chi connectivity index (χ3v) is 7.63. The summed E-state index contributed by atoms with van der Waals surface area (Å²) in [6.45, 7) is 4.42. The Morgan fingerprint density at radius 2 is 1.84 bits per heavy atom. The van der Waals surface area contributed by atoms with Crippen molar-refractivity contribution in [3.05, 3.63) is 58.1 Å². The average Bonchev–Trinajstić information content (AvgIpc) is 2.85. The van der Waals surface area contributed by atoms with E-state index in [4.69, 9.17) is 27.9 Å². The molecule has 204 valence electrons. The third kappa shape index (κ3) is 9.39. The second kappa shape index (κ2) is 14.4. The number of benzene rings is 2. The van der Waals surface area contributed by atoms with Gasteiger partial charge in [0.25, 0.3) is 0 Å². The number of sulfonamides is 1. The zero-order chi connectivity index (χ0) is 27.6. The van der Waals surface area contributed by atoms with Crippen LogP contribution in [0.25, 0.3) is 0 Å². The summed E-state index contributed by atoms with van der Waals surface area (Å²) in [6, 6.07) is 11.0. The zero-order valence-electron chi connectivity index (χ0n) is 21.7. The molecule has 1 unspecified atom stereocenters. The molecule has 1 atom stereocenters. The molecule has 2 rings (SSSR count). The second-order valence-electron chi connectivity index (χ2n) is 8.72. The molecule has 0 radical (unpaired) electrons. The number of unbranched alkanes of at least 4 members (excludes halogenated alkanes) is 1. The molecule has 1 N–H and O–H groups in total. The number of carbonyl (C=O) groups is 2. The lowest BCUT2D eigenvalue weighted by atomic mass is 10.1. The number of hydrogen-bond donors (Lipinski definition) is 1. The molecule has 0 fully saturated rings. The molecule has 11 heteroatoms. The van der Waals surface area contributed by atoms with Gasteiger partial charge in [-0.05, 0) is 49.6 Å². The molecule has 0 aliphatic heterocycles. The lowest BCUT2D eigenvalue weighted by Gasteiger charge is -2.30. The summed E-state index contributed by atoms with van der Waals surface area (Å²) in [4.78, 5) is 27.6. The van der Waals surface area contributed by atoms with Gasteiger partial charge in [0.1, 0.15) is 11.8 Å². The van der Waals surface area contributed by atoms with Crippen LogP contribution < -0.4 is 14.4 Å². The predicted molar refractivity (Wildman–Crippen MR) is 149 cm³/mol. The van der Waals surface area contributed by atoms with Crippen molar-refractivity contribution in [1.29, 1.82) is 0 Å². The van der Waals surface area contributed by atoms with E-state index in [0.717, 1.165) is 19.1 Å². The summed E-state index contributed by atoms with van der Waals surface area (Å²) in [5, 5.41) is 3.73. The van der Waals surface area contributed by atoms with E-state index < -0.39 is 16.1 Å². The highest BCUT2D eigenvalue weighted by atomic mass is 35.5. The van der Waals surface area contributed by atoms with Gasteiger partial charge in [-0.3, -0.25) is 13.9 Å². The maximum atomic E-state index is 13.4. The Kier molecular flexibility index (Phi) is 12.0. The number of hydrogen-bond acceptors (Lipinski definition) is 5. The van der Waals surface area contributed by atoms with E-state index in [9.17, 15) is 18.0 Å². The molecule has 2 aromatic carbocycles. The number of methoxy groups -OCH3 is 1. The summed E-state index contributed by atoms with van der Waals surface area (Å²) in [6.07, 6.45) is 3.17. The summed E-state index contributed by atoms with van der Waals surface area (Å²) in [7, 11) is -2.10. The van der Waals surface area contributed by atoms with E-state index in [1.807, 2.05) is 6.92 Å². The first kappa shape index (κ1) is 30.7. The molecule has 0 bridgehead atoms. The molecule has 0 saturated carbocycles. The van der Waals surface area contributed by atoms with Gasteiger partial charge in [0.05, 0.1) is 19.1 Å². The maximum Gasteiger partial charge on any atom is 0.242 e. The Hall–Kier alpha value is -2.49. The molecule has 2 amide bonds. The van der Waals surface area contributed by atoms with Crippen molar-refractivity contribution in [3.63, 3.8) is 0 Å². The number of nitrogens with zero attached hydrogens (tertiary/aromatic N) is 2. The summed E-state index contributed by atoms with van der Waals surface area (Å²) >= 11 is 12.4. The maximum absolute atomic E-state index is 13.4. The Balaban J connectivity index is 2.19. The predicted octanol–water partition coefficient (Wildman–Crippen LogP) is 4.88. The fourth-order valence-corrected chi connectivity index (χ4v) is 5.15. The standard InChI is InChI=1S/C26H35Cl2N3O5S/c1-5-6-14-29-26(33)19(2)30(18-20-12-13-21(27)16-24(20)28)25(32)11-8-15-31(37(4,34)35)22-9-7-10-23(17-22)36-3/h7,9-10,12-13,16-17,19H,5-6,8,11,14-15,18H2,1-4H3,(H,29,33). The van der Waals surface area contributed by atoms with Crippen LogP contribution in [0.15, 0.2) is 42.5 Å². The Morgan fingerprint density at radius 3 is 2.46 bits per heavy atom. The highest BCUT2D eigenvalue weighted by molar-refractivity contribution is 7.92. The number of anilines is 1. The van der Waals surface area contributed by atoms with Gasteiger partial charge in [-0.25, -0.2) is 8.42 Å². The quantitative estimate of drug-likeness (QED) is 0.326. The van der Waals surface area contributed by atoms with E-state index in [1.165, 1.54) is 16.3 Å². The molecule has 0 spiro atoms. The number of carbonyl (C=O) groups excluding carboxylic acids is 2. The average molecular weight is 573 g/mol. The van der Waals surface area contributed by atoms with Crippen molar-refractivity contribution in [1.82, 2.24) is 10.2 Å². The molecule has 0 aliphatic carbocycles. The fraction of sp³-hybridized carbons (Fsp3) is 0.462. The number of rotatable bonds is 14. The van der Waals surface area contributed by atoms with Crippen molar-refractivity contribution < 1.29 is 22.7 Å². The van der Waals surface area contributed by atoms with Gasteiger partial charge in [-0.1, -0.05) is 48.7 Å². The van der Waals surface area contributed by atoms with Gasteiger partial charge in [0.15, 0.2) is 0 Å². The molecule has 0 aromatic heterocycles. The first-order valence-corrected chi connectivity index (χ1v) is 14.7. The number of amides is 2. The summed E-state index contributed by atoms with van der Waals surface area (Å²) in [5.74, 6) is -0.0274. The summed E-state index contributed by atoms with van der Waals surface area (Å²) in [5.41, 5.74) is 1.10. The van der Waals surface area contributed by atoms with Crippen LogP contribution in [0.1, 0.15) is 45.1 Å². The van der Waals surface area contributed by atoms with Gasteiger partial charge in [0.2, 0.25) is 21.8 Å². The largest absolute Gasteiger partial charge is 0.497 e. The smallest absolute Gasteiger partial charge is 0.242 e. The molecule has 0 aliphatic rings. The molecular weight excluding hydrogens is 537 g/mol.